The number of nitrogens with zero attached hydrogens (tertiary/aromatic N) is 2. The molecule has 3 rings (SSSR count). The molecule has 8 nitrogen and oxygen atoms in total. The molecule has 3 aromatic carbocycles. The number of aryl methyl sites for hydroxylation is 1. The van der Waals surface area contributed by atoms with Crippen LogP contribution < -0.4 is 14.4 Å². The molecule has 0 aliphatic rings. The van der Waals surface area contributed by atoms with Gasteiger partial charge < -0.3 is 15.0 Å². The lowest BCUT2D eigenvalue weighted by molar-refractivity contribution is -0.140. The SMILES string of the molecule is COc1ccc(CN(C(=O)CN(c2cccc(C)c2)S(=O)(=O)c2ccc(Cl)cc2)[C@H](C)C(=O)NC(C)(C)C)cc1. The van der Waals surface area contributed by atoms with E-state index >= 15 is 0 Å². The van der Waals surface area contributed by atoms with Gasteiger partial charge in [0.1, 0.15) is 18.3 Å². The molecule has 0 aliphatic carbocycles. The largest absolute Gasteiger partial charge is 0.497 e. The van der Waals surface area contributed by atoms with Gasteiger partial charge in [-0.3, -0.25) is 13.9 Å². The van der Waals surface area contributed by atoms with Crippen LogP contribution in [-0.4, -0.2) is 50.4 Å². The summed E-state index contributed by atoms with van der Waals surface area (Å²) >= 11 is 6.00. The first-order chi connectivity index (χ1) is 18.7. The van der Waals surface area contributed by atoms with Gasteiger partial charge in [-0.05, 0) is 94.3 Å². The number of hydrogen-bond donors (Lipinski definition) is 1. The van der Waals surface area contributed by atoms with Crippen molar-refractivity contribution in [2.45, 2.75) is 57.6 Å². The van der Waals surface area contributed by atoms with Gasteiger partial charge in [0.2, 0.25) is 11.8 Å². The van der Waals surface area contributed by atoms with Crippen LogP contribution in [0.1, 0.15) is 38.8 Å². The molecule has 214 valence electrons. The standard InChI is InChI=1S/C30H36ClN3O5S/c1-21-8-7-9-25(18-21)34(40(37,38)27-16-12-24(31)13-17-27)20-28(35)33(22(2)29(36)32-30(3,4)5)19-23-10-14-26(39-6)15-11-23/h7-18,22H,19-20H2,1-6H3,(H,32,36)/t22-/m1/s1. The zero-order chi connectivity index (χ0) is 29.7. The molecular formula is C30H36ClN3O5S. The molecule has 0 unspecified atom stereocenters. The van der Waals surface area contributed by atoms with Gasteiger partial charge in [-0.15, -0.1) is 0 Å². The van der Waals surface area contributed by atoms with Gasteiger partial charge in [0.15, 0.2) is 0 Å². The third-order valence-electron chi connectivity index (χ3n) is 6.15. The Bertz CT molecular complexity index is 1440. The first-order valence-corrected chi connectivity index (χ1v) is 14.6. The second kappa shape index (κ2) is 12.7. The summed E-state index contributed by atoms with van der Waals surface area (Å²) in [5, 5.41) is 3.31. The van der Waals surface area contributed by atoms with Crippen molar-refractivity contribution in [1.29, 1.82) is 0 Å². The van der Waals surface area contributed by atoms with Crippen molar-refractivity contribution >= 4 is 39.1 Å². The number of benzene rings is 3. The summed E-state index contributed by atoms with van der Waals surface area (Å²) < 4.78 is 34.0. The van der Waals surface area contributed by atoms with E-state index in [1.165, 1.54) is 29.2 Å². The zero-order valence-corrected chi connectivity index (χ0v) is 25.2. The maximum Gasteiger partial charge on any atom is 0.264 e. The second-order valence-electron chi connectivity index (χ2n) is 10.6. The van der Waals surface area contributed by atoms with Gasteiger partial charge >= 0.3 is 0 Å². The molecule has 0 radical (unpaired) electrons. The molecular weight excluding hydrogens is 550 g/mol. The Kier molecular flexibility index (Phi) is 9.87. The lowest BCUT2D eigenvalue weighted by atomic mass is 10.1. The highest BCUT2D eigenvalue weighted by Gasteiger charge is 2.33. The average molecular weight is 586 g/mol. The normalized spacial score (nSPS) is 12.4. The van der Waals surface area contributed by atoms with Gasteiger partial charge in [0, 0.05) is 17.1 Å². The molecule has 1 atom stereocenters. The van der Waals surface area contributed by atoms with Crippen molar-refractivity contribution < 1.29 is 22.7 Å². The van der Waals surface area contributed by atoms with E-state index in [-0.39, 0.29) is 17.3 Å². The van der Waals surface area contributed by atoms with Crippen molar-refractivity contribution in [2.24, 2.45) is 0 Å². The number of methoxy groups -OCH3 is 1. The molecule has 1 N–H and O–H groups in total. The van der Waals surface area contributed by atoms with Gasteiger partial charge in [-0.1, -0.05) is 35.9 Å². The predicted molar refractivity (Wildman–Crippen MR) is 158 cm³/mol. The second-order valence-corrected chi connectivity index (χ2v) is 12.9. The van der Waals surface area contributed by atoms with E-state index in [9.17, 15) is 18.0 Å². The smallest absolute Gasteiger partial charge is 0.264 e. The summed E-state index contributed by atoms with van der Waals surface area (Å²) in [5.41, 5.74) is 1.40. The van der Waals surface area contributed by atoms with Crippen molar-refractivity contribution in [3.8, 4) is 5.75 Å². The van der Waals surface area contributed by atoms with E-state index in [0.29, 0.717) is 16.5 Å². The minimum absolute atomic E-state index is 0.00793. The third kappa shape index (κ3) is 7.99. The van der Waals surface area contributed by atoms with E-state index in [0.717, 1.165) is 15.4 Å². The Morgan fingerprint density at radius 1 is 1.00 bits per heavy atom. The van der Waals surface area contributed by atoms with E-state index in [2.05, 4.69) is 5.32 Å². The third-order valence-corrected chi connectivity index (χ3v) is 8.19. The molecule has 3 aromatic rings. The first kappa shape index (κ1) is 31.0. The van der Waals surface area contributed by atoms with Gasteiger partial charge in [-0.25, -0.2) is 8.42 Å². The number of nitrogens with one attached hydrogen (secondary N) is 1. The summed E-state index contributed by atoms with van der Waals surface area (Å²) in [7, 11) is -2.60. The Labute approximate surface area is 241 Å². The van der Waals surface area contributed by atoms with Crippen LogP contribution >= 0.6 is 11.6 Å². The maximum atomic E-state index is 14.0. The van der Waals surface area contributed by atoms with E-state index in [1.807, 2.05) is 33.8 Å². The van der Waals surface area contributed by atoms with Crippen LogP contribution in [0.4, 0.5) is 5.69 Å². The Balaban J connectivity index is 2.03. The van der Waals surface area contributed by atoms with Gasteiger partial charge in [-0.2, -0.15) is 0 Å². The van der Waals surface area contributed by atoms with Crippen LogP contribution in [0.3, 0.4) is 0 Å². The molecule has 0 bridgehead atoms. The van der Waals surface area contributed by atoms with Crippen LogP contribution in [0.2, 0.25) is 5.02 Å². The average Bonchev–Trinajstić information content (AvgIpc) is 2.89. The van der Waals surface area contributed by atoms with Gasteiger partial charge in [0.25, 0.3) is 10.0 Å². The Morgan fingerprint density at radius 3 is 2.17 bits per heavy atom. The number of anilines is 1. The summed E-state index contributed by atoms with van der Waals surface area (Å²) in [6.45, 7) is 8.60. The fraction of sp³-hybridized carbons (Fsp3) is 0.333. The first-order valence-electron chi connectivity index (χ1n) is 12.8. The predicted octanol–water partition coefficient (Wildman–Crippen LogP) is 5.18. The molecule has 2 amide bonds. The highest BCUT2D eigenvalue weighted by molar-refractivity contribution is 7.92. The monoisotopic (exact) mass is 585 g/mol. The summed E-state index contributed by atoms with van der Waals surface area (Å²) in [6, 6.07) is 18.9. The lowest BCUT2D eigenvalue weighted by Gasteiger charge is -2.33. The van der Waals surface area contributed by atoms with Gasteiger partial charge in [0.05, 0.1) is 17.7 Å². The maximum absolute atomic E-state index is 14.0. The molecule has 40 heavy (non-hydrogen) atoms. The number of halogens is 1. The summed E-state index contributed by atoms with van der Waals surface area (Å²) in [6.07, 6.45) is 0. The topological polar surface area (TPSA) is 96.0 Å². The highest BCUT2D eigenvalue weighted by atomic mass is 35.5. The lowest BCUT2D eigenvalue weighted by Crippen LogP contribution is -2.54. The number of rotatable bonds is 10. The fourth-order valence-corrected chi connectivity index (χ4v) is 5.56. The highest BCUT2D eigenvalue weighted by Crippen LogP contribution is 2.26. The number of amides is 2. The quantitative estimate of drug-likeness (QED) is 0.353. The van der Waals surface area contributed by atoms with E-state index in [4.69, 9.17) is 16.3 Å². The van der Waals surface area contributed by atoms with E-state index in [1.54, 1.807) is 56.5 Å². The van der Waals surface area contributed by atoms with Crippen molar-refractivity contribution in [3.63, 3.8) is 0 Å². The van der Waals surface area contributed by atoms with E-state index < -0.39 is 34.1 Å². The number of sulfonamides is 1. The van der Waals surface area contributed by atoms with Crippen molar-refractivity contribution in [3.05, 3.63) is 88.9 Å². The van der Waals surface area contributed by atoms with Crippen LogP contribution in [0.5, 0.6) is 5.75 Å². The number of ether oxygens (including phenoxy) is 1. The number of carbonyl (C=O) groups is 2. The molecule has 0 saturated heterocycles. The molecule has 0 aromatic heterocycles. The van der Waals surface area contributed by atoms with Crippen LogP contribution in [-0.2, 0) is 26.2 Å². The van der Waals surface area contributed by atoms with Crippen LogP contribution in [0, 0.1) is 6.92 Å². The number of carbonyl (C=O) groups excluding carboxylic acids is 2. The minimum Gasteiger partial charge on any atom is -0.497 e. The van der Waals surface area contributed by atoms with Crippen molar-refractivity contribution in [2.75, 3.05) is 18.0 Å². The molecule has 10 heteroatoms. The Hall–Kier alpha value is -3.56. The zero-order valence-electron chi connectivity index (χ0n) is 23.6. The molecule has 0 heterocycles. The van der Waals surface area contributed by atoms with Crippen LogP contribution in [0.15, 0.2) is 77.7 Å². The Morgan fingerprint density at radius 2 is 1.62 bits per heavy atom. The van der Waals surface area contributed by atoms with Crippen molar-refractivity contribution in [1.82, 2.24) is 10.2 Å². The molecule has 0 aliphatic heterocycles. The summed E-state index contributed by atoms with van der Waals surface area (Å²) in [4.78, 5) is 28.5. The molecule has 0 saturated carbocycles. The fourth-order valence-electron chi connectivity index (χ4n) is 4.03. The minimum atomic E-state index is -4.16. The molecule has 0 fully saturated rings. The number of hydrogen-bond acceptors (Lipinski definition) is 5. The molecule has 0 spiro atoms. The summed E-state index contributed by atoms with van der Waals surface area (Å²) in [5.74, 6) is -0.233. The van der Waals surface area contributed by atoms with Crippen LogP contribution in [0.25, 0.3) is 0 Å².